The van der Waals surface area contributed by atoms with Crippen molar-refractivity contribution in [2.75, 3.05) is 13.6 Å². The summed E-state index contributed by atoms with van der Waals surface area (Å²) in [4.78, 5) is 13.6. The van der Waals surface area contributed by atoms with Gasteiger partial charge in [0.15, 0.2) is 5.76 Å². The fraction of sp³-hybridized carbons (Fsp3) is 0.214. The number of amides is 1. The highest BCUT2D eigenvalue weighted by Crippen LogP contribution is 2.33. The van der Waals surface area contributed by atoms with E-state index in [1.54, 1.807) is 11.2 Å². The zero-order valence-corrected chi connectivity index (χ0v) is 9.59. The number of likely N-dealkylation sites (N-methyl/N-ethyl adjacent to an activating group) is 1. The van der Waals surface area contributed by atoms with Gasteiger partial charge in [0, 0.05) is 25.1 Å². The first kappa shape index (κ1) is 10.1. The molecule has 3 heteroatoms. The Morgan fingerprint density at radius 3 is 2.76 bits per heavy atom. The number of benzene rings is 1. The van der Waals surface area contributed by atoms with Crippen molar-refractivity contribution in [2.45, 2.75) is 5.92 Å². The zero-order chi connectivity index (χ0) is 11.8. The van der Waals surface area contributed by atoms with Crippen molar-refractivity contribution in [1.29, 1.82) is 0 Å². The number of carbonyl (C=O) groups is 1. The normalized spacial score (nSPS) is 19.2. The fourth-order valence-corrected chi connectivity index (χ4v) is 2.37. The van der Waals surface area contributed by atoms with E-state index in [0.29, 0.717) is 12.3 Å². The van der Waals surface area contributed by atoms with Crippen molar-refractivity contribution < 1.29 is 9.21 Å². The number of hydrogen-bond donors (Lipinski definition) is 0. The SMILES string of the molecule is CN1CC(c2ccccc2)c2ccoc2C1=O. The molecule has 0 fully saturated rings. The van der Waals surface area contributed by atoms with Gasteiger partial charge in [-0.25, -0.2) is 0 Å². The third-order valence-electron chi connectivity index (χ3n) is 3.27. The van der Waals surface area contributed by atoms with Crippen molar-refractivity contribution >= 4 is 5.91 Å². The van der Waals surface area contributed by atoms with Crippen LogP contribution in [0.4, 0.5) is 0 Å². The number of nitrogens with zero attached hydrogens (tertiary/aromatic N) is 1. The minimum absolute atomic E-state index is 0.0304. The van der Waals surface area contributed by atoms with Crippen LogP contribution in [-0.4, -0.2) is 24.4 Å². The molecule has 1 aromatic carbocycles. The lowest BCUT2D eigenvalue weighted by atomic mass is 9.88. The van der Waals surface area contributed by atoms with Crippen molar-refractivity contribution in [3.05, 3.63) is 59.5 Å². The first-order valence-electron chi connectivity index (χ1n) is 5.65. The molecule has 0 aliphatic carbocycles. The smallest absolute Gasteiger partial charge is 0.289 e. The van der Waals surface area contributed by atoms with Crippen LogP contribution in [-0.2, 0) is 0 Å². The lowest BCUT2D eigenvalue weighted by Crippen LogP contribution is -2.36. The second-order valence-electron chi connectivity index (χ2n) is 4.35. The number of rotatable bonds is 1. The molecule has 2 aromatic rings. The summed E-state index contributed by atoms with van der Waals surface area (Å²) in [6.07, 6.45) is 1.59. The van der Waals surface area contributed by atoms with Crippen LogP contribution < -0.4 is 0 Å². The van der Waals surface area contributed by atoms with Crippen LogP contribution in [0.3, 0.4) is 0 Å². The van der Waals surface area contributed by atoms with Gasteiger partial charge in [0.1, 0.15) is 0 Å². The van der Waals surface area contributed by atoms with Gasteiger partial charge in [-0.2, -0.15) is 0 Å². The Balaban J connectivity index is 2.09. The molecule has 0 spiro atoms. The predicted molar refractivity (Wildman–Crippen MR) is 64.0 cm³/mol. The third-order valence-corrected chi connectivity index (χ3v) is 3.27. The van der Waals surface area contributed by atoms with Crippen molar-refractivity contribution in [3.8, 4) is 0 Å². The number of fused-ring (bicyclic) bond motifs is 1. The maximum atomic E-state index is 11.9. The maximum Gasteiger partial charge on any atom is 0.289 e. The molecule has 3 nitrogen and oxygen atoms in total. The molecule has 1 aliphatic heterocycles. The standard InChI is InChI=1S/C14H13NO2/c1-15-9-12(10-5-3-2-4-6-10)11-7-8-17-13(11)14(15)16/h2-8,12H,9H2,1H3. The van der Waals surface area contributed by atoms with Gasteiger partial charge in [-0.05, 0) is 11.6 Å². The lowest BCUT2D eigenvalue weighted by Gasteiger charge is -2.29. The Morgan fingerprint density at radius 1 is 1.24 bits per heavy atom. The Labute approximate surface area is 99.7 Å². The molecule has 1 aliphatic rings. The molecule has 2 heterocycles. The van der Waals surface area contributed by atoms with Gasteiger partial charge in [-0.15, -0.1) is 0 Å². The van der Waals surface area contributed by atoms with E-state index in [9.17, 15) is 4.79 Å². The van der Waals surface area contributed by atoms with E-state index in [1.165, 1.54) is 5.56 Å². The first-order chi connectivity index (χ1) is 8.27. The number of hydrogen-bond acceptors (Lipinski definition) is 2. The molecule has 0 N–H and O–H groups in total. The largest absolute Gasteiger partial charge is 0.459 e. The second-order valence-corrected chi connectivity index (χ2v) is 4.35. The van der Waals surface area contributed by atoms with E-state index in [-0.39, 0.29) is 11.8 Å². The van der Waals surface area contributed by atoms with Crippen LogP contribution in [0.5, 0.6) is 0 Å². The van der Waals surface area contributed by atoms with Gasteiger partial charge in [0.25, 0.3) is 5.91 Å². The van der Waals surface area contributed by atoms with Gasteiger partial charge >= 0.3 is 0 Å². The summed E-state index contributed by atoms with van der Waals surface area (Å²) < 4.78 is 5.30. The van der Waals surface area contributed by atoms with Crippen LogP contribution in [0.15, 0.2) is 47.1 Å². The highest BCUT2D eigenvalue weighted by Gasteiger charge is 2.32. The fourth-order valence-electron chi connectivity index (χ4n) is 2.37. The van der Waals surface area contributed by atoms with Crippen LogP contribution in [0.1, 0.15) is 27.6 Å². The van der Waals surface area contributed by atoms with E-state index in [2.05, 4.69) is 12.1 Å². The van der Waals surface area contributed by atoms with Crippen LogP contribution >= 0.6 is 0 Å². The first-order valence-corrected chi connectivity index (χ1v) is 5.65. The summed E-state index contributed by atoms with van der Waals surface area (Å²) in [6, 6.07) is 12.1. The van der Waals surface area contributed by atoms with E-state index < -0.39 is 0 Å². The lowest BCUT2D eigenvalue weighted by molar-refractivity contribution is 0.0737. The van der Waals surface area contributed by atoms with E-state index >= 15 is 0 Å². The van der Waals surface area contributed by atoms with Gasteiger partial charge < -0.3 is 9.32 Å². The van der Waals surface area contributed by atoms with Gasteiger partial charge in [-0.3, -0.25) is 4.79 Å². The molecule has 3 rings (SSSR count). The van der Waals surface area contributed by atoms with Gasteiger partial charge in [-0.1, -0.05) is 30.3 Å². The zero-order valence-electron chi connectivity index (χ0n) is 9.59. The number of furan rings is 1. The molecule has 17 heavy (non-hydrogen) atoms. The van der Waals surface area contributed by atoms with Crippen molar-refractivity contribution in [3.63, 3.8) is 0 Å². The van der Waals surface area contributed by atoms with E-state index in [0.717, 1.165) is 5.56 Å². The summed E-state index contributed by atoms with van der Waals surface area (Å²) in [7, 11) is 1.81. The van der Waals surface area contributed by atoms with Crippen LogP contribution in [0.25, 0.3) is 0 Å². The maximum absolute atomic E-state index is 11.9. The molecule has 86 valence electrons. The summed E-state index contributed by atoms with van der Waals surface area (Å²) in [6.45, 7) is 0.704. The topological polar surface area (TPSA) is 33.5 Å². The van der Waals surface area contributed by atoms with Crippen molar-refractivity contribution in [2.24, 2.45) is 0 Å². The van der Waals surface area contributed by atoms with E-state index in [4.69, 9.17) is 4.42 Å². The average Bonchev–Trinajstić information content (AvgIpc) is 2.84. The minimum Gasteiger partial charge on any atom is -0.459 e. The van der Waals surface area contributed by atoms with Gasteiger partial charge in [0.2, 0.25) is 0 Å². The quantitative estimate of drug-likeness (QED) is 0.750. The molecular formula is C14H13NO2. The summed E-state index contributed by atoms with van der Waals surface area (Å²) >= 11 is 0. The number of carbonyl (C=O) groups excluding carboxylic acids is 1. The molecule has 1 unspecified atom stereocenters. The molecule has 0 bridgehead atoms. The second kappa shape index (κ2) is 3.77. The predicted octanol–water partition coefficient (Wildman–Crippen LogP) is 2.50. The van der Waals surface area contributed by atoms with Crippen LogP contribution in [0.2, 0.25) is 0 Å². The molecule has 1 amide bonds. The summed E-state index contributed by atoms with van der Waals surface area (Å²) in [5.41, 5.74) is 2.22. The molecule has 1 aromatic heterocycles. The molecule has 1 atom stereocenters. The third kappa shape index (κ3) is 1.55. The minimum atomic E-state index is -0.0304. The Morgan fingerprint density at radius 2 is 2.00 bits per heavy atom. The average molecular weight is 227 g/mol. The Hall–Kier alpha value is -2.03. The molecular weight excluding hydrogens is 214 g/mol. The monoisotopic (exact) mass is 227 g/mol. The Kier molecular flexibility index (Phi) is 2.25. The molecule has 0 saturated carbocycles. The van der Waals surface area contributed by atoms with Crippen LogP contribution in [0, 0.1) is 0 Å². The van der Waals surface area contributed by atoms with Gasteiger partial charge in [0.05, 0.1) is 6.26 Å². The highest BCUT2D eigenvalue weighted by atomic mass is 16.3. The summed E-state index contributed by atoms with van der Waals surface area (Å²) in [5, 5.41) is 0. The van der Waals surface area contributed by atoms with Crippen molar-refractivity contribution in [1.82, 2.24) is 4.90 Å². The molecule has 0 saturated heterocycles. The Bertz CT molecular complexity index is 544. The highest BCUT2D eigenvalue weighted by molar-refractivity contribution is 5.94. The summed E-state index contributed by atoms with van der Waals surface area (Å²) in [5.74, 6) is 0.664. The van der Waals surface area contributed by atoms with E-state index in [1.807, 2.05) is 31.3 Å². The molecule has 0 radical (unpaired) electrons.